The molecule has 0 heterocycles. The SMILES string of the molecule is CCN(Cc1ccccc1)C(=O)c1cccc(CCN)c1. The van der Waals surface area contributed by atoms with Crippen LogP contribution in [0.15, 0.2) is 54.6 Å². The minimum absolute atomic E-state index is 0.0697. The number of hydrogen-bond acceptors (Lipinski definition) is 2. The summed E-state index contributed by atoms with van der Waals surface area (Å²) in [7, 11) is 0. The first kappa shape index (κ1) is 15.3. The number of benzene rings is 2. The van der Waals surface area contributed by atoms with Gasteiger partial charge in [0.05, 0.1) is 0 Å². The Kier molecular flexibility index (Phi) is 5.52. The number of amides is 1. The summed E-state index contributed by atoms with van der Waals surface area (Å²) in [6, 6.07) is 17.8. The first-order valence-corrected chi connectivity index (χ1v) is 7.36. The van der Waals surface area contributed by atoms with Gasteiger partial charge >= 0.3 is 0 Å². The summed E-state index contributed by atoms with van der Waals surface area (Å²) in [4.78, 5) is 14.5. The van der Waals surface area contributed by atoms with E-state index in [1.807, 2.05) is 66.4 Å². The molecule has 110 valence electrons. The smallest absolute Gasteiger partial charge is 0.254 e. The second-order valence-corrected chi connectivity index (χ2v) is 5.04. The molecule has 0 spiro atoms. The molecule has 2 aromatic carbocycles. The van der Waals surface area contributed by atoms with E-state index in [0.29, 0.717) is 19.6 Å². The molecule has 0 saturated carbocycles. The third-order valence-corrected chi connectivity index (χ3v) is 3.49. The first-order valence-electron chi connectivity index (χ1n) is 7.36. The number of nitrogens with zero attached hydrogens (tertiary/aromatic N) is 1. The highest BCUT2D eigenvalue weighted by atomic mass is 16.2. The monoisotopic (exact) mass is 282 g/mol. The van der Waals surface area contributed by atoms with Crippen molar-refractivity contribution in [2.45, 2.75) is 19.9 Å². The van der Waals surface area contributed by atoms with E-state index in [9.17, 15) is 4.79 Å². The Hall–Kier alpha value is -2.13. The number of rotatable bonds is 6. The van der Waals surface area contributed by atoms with Crippen LogP contribution >= 0.6 is 0 Å². The van der Waals surface area contributed by atoms with Crippen molar-refractivity contribution in [3.63, 3.8) is 0 Å². The summed E-state index contributed by atoms with van der Waals surface area (Å²) in [5.74, 6) is 0.0697. The summed E-state index contributed by atoms with van der Waals surface area (Å²) < 4.78 is 0. The number of hydrogen-bond donors (Lipinski definition) is 1. The zero-order valence-corrected chi connectivity index (χ0v) is 12.5. The van der Waals surface area contributed by atoms with Crippen molar-refractivity contribution in [1.29, 1.82) is 0 Å². The standard InChI is InChI=1S/C18H22N2O/c1-2-20(14-16-7-4-3-5-8-16)18(21)17-10-6-9-15(13-17)11-12-19/h3-10,13H,2,11-12,14,19H2,1H3. The second-order valence-electron chi connectivity index (χ2n) is 5.04. The van der Waals surface area contributed by atoms with Crippen LogP contribution in [-0.4, -0.2) is 23.9 Å². The maximum absolute atomic E-state index is 12.6. The van der Waals surface area contributed by atoms with Crippen molar-refractivity contribution in [1.82, 2.24) is 4.90 Å². The highest BCUT2D eigenvalue weighted by Crippen LogP contribution is 2.12. The fourth-order valence-corrected chi connectivity index (χ4v) is 2.34. The zero-order chi connectivity index (χ0) is 15.1. The van der Waals surface area contributed by atoms with Crippen molar-refractivity contribution in [3.8, 4) is 0 Å². The van der Waals surface area contributed by atoms with Gasteiger partial charge in [-0.05, 0) is 43.1 Å². The minimum atomic E-state index is 0.0697. The fourth-order valence-electron chi connectivity index (χ4n) is 2.34. The zero-order valence-electron chi connectivity index (χ0n) is 12.5. The van der Waals surface area contributed by atoms with E-state index in [1.165, 1.54) is 0 Å². The van der Waals surface area contributed by atoms with Crippen LogP contribution in [-0.2, 0) is 13.0 Å². The predicted octanol–water partition coefficient (Wildman–Crippen LogP) is 2.85. The predicted molar refractivity (Wildman–Crippen MR) is 86.1 cm³/mol. The topological polar surface area (TPSA) is 46.3 Å². The van der Waals surface area contributed by atoms with Gasteiger partial charge in [0.25, 0.3) is 5.91 Å². The Morgan fingerprint density at radius 1 is 1.05 bits per heavy atom. The lowest BCUT2D eigenvalue weighted by atomic mass is 10.1. The molecule has 0 aliphatic carbocycles. The highest BCUT2D eigenvalue weighted by Gasteiger charge is 2.14. The summed E-state index contributed by atoms with van der Waals surface area (Å²) >= 11 is 0. The van der Waals surface area contributed by atoms with Crippen LogP contribution in [0.25, 0.3) is 0 Å². The maximum Gasteiger partial charge on any atom is 0.254 e. The summed E-state index contributed by atoms with van der Waals surface area (Å²) in [6.45, 7) is 3.93. The number of carbonyl (C=O) groups is 1. The van der Waals surface area contributed by atoms with Crippen molar-refractivity contribution in [2.24, 2.45) is 5.73 Å². The van der Waals surface area contributed by atoms with Gasteiger partial charge in [-0.3, -0.25) is 4.79 Å². The largest absolute Gasteiger partial charge is 0.335 e. The molecular formula is C18H22N2O. The van der Waals surface area contributed by atoms with E-state index >= 15 is 0 Å². The second kappa shape index (κ2) is 7.60. The summed E-state index contributed by atoms with van der Waals surface area (Å²) in [5, 5.41) is 0. The maximum atomic E-state index is 12.6. The molecule has 0 saturated heterocycles. The van der Waals surface area contributed by atoms with Crippen molar-refractivity contribution >= 4 is 5.91 Å². The Morgan fingerprint density at radius 2 is 1.76 bits per heavy atom. The molecule has 21 heavy (non-hydrogen) atoms. The van der Waals surface area contributed by atoms with Gasteiger partial charge < -0.3 is 10.6 Å². The lowest BCUT2D eigenvalue weighted by molar-refractivity contribution is 0.0752. The third kappa shape index (κ3) is 4.17. The Bertz CT molecular complexity index is 581. The number of nitrogens with two attached hydrogens (primary N) is 1. The molecule has 0 atom stereocenters. The normalized spacial score (nSPS) is 10.4. The van der Waals surface area contributed by atoms with E-state index in [2.05, 4.69) is 0 Å². The Balaban J connectivity index is 2.14. The first-order chi connectivity index (χ1) is 10.2. The van der Waals surface area contributed by atoms with Gasteiger partial charge in [0.1, 0.15) is 0 Å². The van der Waals surface area contributed by atoms with E-state index in [4.69, 9.17) is 5.73 Å². The van der Waals surface area contributed by atoms with Crippen LogP contribution in [0.4, 0.5) is 0 Å². The van der Waals surface area contributed by atoms with Gasteiger partial charge in [-0.25, -0.2) is 0 Å². The average Bonchev–Trinajstić information content (AvgIpc) is 2.53. The molecule has 0 bridgehead atoms. The van der Waals surface area contributed by atoms with Crippen LogP contribution in [0.2, 0.25) is 0 Å². The van der Waals surface area contributed by atoms with E-state index in [-0.39, 0.29) is 5.91 Å². The lowest BCUT2D eigenvalue weighted by Crippen LogP contribution is -2.30. The highest BCUT2D eigenvalue weighted by molar-refractivity contribution is 5.94. The van der Waals surface area contributed by atoms with Crippen LogP contribution < -0.4 is 5.73 Å². The van der Waals surface area contributed by atoms with Crippen molar-refractivity contribution in [3.05, 3.63) is 71.3 Å². The molecular weight excluding hydrogens is 260 g/mol. The molecule has 0 aliphatic heterocycles. The van der Waals surface area contributed by atoms with E-state index < -0.39 is 0 Å². The molecule has 2 N–H and O–H groups in total. The Morgan fingerprint density at radius 3 is 2.43 bits per heavy atom. The van der Waals surface area contributed by atoms with E-state index in [0.717, 1.165) is 23.1 Å². The minimum Gasteiger partial charge on any atom is -0.335 e. The molecule has 3 heteroatoms. The van der Waals surface area contributed by atoms with Crippen LogP contribution in [0.1, 0.15) is 28.4 Å². The van der Waals surface area contributed by atoms with Crippen LogP contribution in [0.5, 0.6) is 0 Å². The molecule has 2 aromatic rings. The van der Waals surface area contributed by atoms with Gasteiger partial charge in [0.2, 0.25) is 0 Å². The molecule has 0 radical (unpaired) electrons. The molecule has 0 fully saturated rings. The van der Waals surface area contributed by atoms with Crippen LogP contribution in [0, 0.1) is 0 Å². The van der Waals surface area contributed by atoms with Gasteiger partial charge in [-0.15, -0.1) is 0 Å². The molecule has 2 rings (SSSR count). The lowest BCUT2D eigenvalue weighted by Gasteiger charge is -2.21. The molecule has 0 aliphatic rings. The van der Waals surface area contributed by atoms with Crippen molar-refractivity contribution in [2.75, 3.05) is 13.1 Å². The van der Waals surface area contributed by atoms with Gasteiger partial charge in [-0.2, -0.15) is 0 Å². The fraction of sp³-hybridized carbons (Fsp3) is 0.278. The average molecular weight is 282 g/mol. The number of carbonyl (C=O) groups excluding carboxylic acids is 1. The molecule has 0 unspecified atom stereocenters. The molecule has 3 nitrogen and oxygen atoms in total. The quantitative estimate of drug-likeness (QED) is 0.885. The van der Waals surface area contributed by atoms with Crippen molar-refractivity contribution < 1.29 is 4.79 Å². The summed E-state index contributed by atoms with van der Waals surface area (Å²) in [5.41, 5.74) is 8.57. The summed E-state index contributed by atoms with van der Waals surface area (Å²) in [6.07, 6.45) is 0.798. The van der Waals surface area contributed by atoms with Gasteiger partial charge in [0.15, 0.2) is 0 Å². The van der Waals surface area contributed by atoms with E-state index in [1.54, 1.807) is 0 Å². The molecule has 1 amide bonds. The van der Waals surface area contributed by atoms with Gasteiger partial charge in [0, 0.05) is 18.7 Å². The van der Waals surface area contributed by atoms with Gasteiger partial charge in [-0.1, -0.05) is 42.5 Å². The van der Waals surface area contributed by atoms with Crippen LogP contribution in [0.3, 0.4) is 0 Å². The third-order valence-electron chi connectivity index (χ3n) is 3.49. The Labute approximate surface area is 126 Å². The molecule has 0 aromatic heterocycles.